The SMILES string of the molecule is O=C(N[C@H]1CCCNC1)c1ccc(Cn2ccnc2)cc1. The molecule has 1 aliphatic rings. The molecule has 21 heavy (non-hydrogen) atoms. The topological polar surface area (TPSA) is 59.0 Å². The Balaban J connectivity index is 1.59. The van der Waals surface area contributed by atoms with Gasteiger partial charge in [-0.25, -0.2) is 4.98 Å². The number of amides is 1. The summed E-state index contributed by atoms with van der Waals surface area (Å²) in [6.45, 7) is 2.69. The summed E-state index contributed by atoms with van der Waals surface area (Å²) in [6, 6.07) is 8.01. The number of carbonyl (C=O) groups excluding carboxylic acids is 1. The van der Waals surface area contributed by atoms with Gasteiger partial charge in [-0.2, -0.15) is 0 Å². The molecule has 2 aromatic rings. The maximum atomic E-state index is 12.2. The van der Waals surface area contributed by atoms with Gasteiger partial charge in [0.1, 0.15) is 0 Å². The second kappa shape index (κ2) is 6.54. The van der Waals surface area contributed by atoms with E-state index in [4.69, 9.17) is 0 Å². The fraction of sp³-hybridized carbons (Fsp3) is 0.375. The smallest absolute Gasteiger partial charge is 0.251 e. The number of aromatic nitrogens is 2. The lowest BCUT2D eigenvalue weighted by Gasteiger charge is -2.23. The van der Waals surface area contributed by atoms with Gasteiger partial charge in [0.15, 0.2) is 0 Å². The van der Waals surface area contributed by atoms with Gasteiger partial charge >= 0.3 is 0 Å². The predicted molar refractivity (Wildman–Crippen MR) is 81.1 cm³/mol. The van der Waals surface area contributed by atoms with Gasteiger partial charge in [-0.3, -0.25) is 4.79 Å². The first kappa shape index (κ1) is 13.8. The number of imidazole rings is 1. The molecule has 0 unspecified atom stereocenters. The average Bonchev–Trinajstić information content (AvgIpc) is 3.02. The zero-order chi connectivity index (χ0) is 14.5. The lowest BCUT2D eigenvalue weighted by molar-refractivity contribution is 0.0930. The molecule has 3 rings (SSSR count). The zero-order valence-corrected chi connectivity index (χ0v) is 12.0. The standard InChI is InChI=1S/C16H20N4O/c21-16(19-15-2-1-7-17-10-15)14-5-3-13(4-6-14)11-20-9-8-18-12-20/h3-6,8-9,12,15,17H,1-2,7,10-11H2,(H,19,21)/t15-/m0/s1. The Morgan fingerprint density at radius 3 is 2.90 bits per heavy atom. The molecule has 1 aliphatic heterocycles. The molecule has 1 aromatic carbocycles. The van der Waals surface area contributed by atoms with Crippen LogP contribution in [0.5, 0.6) is 0 Å². The first-order valence-electron chi connectivity index (χ1n) is 7.37. The summed E-state index contributed by atoms with van der Waals surface area (Å²) >= 11 is 0. The molecule has 0 aliphatic carbocycles. The van der Waals surface area contributed by atoms with Crippen LogP contribution in [0.3, 0.4) is 0 Å². The molecule has 2 N–H and O–H groups in total. The first-order chi connectivity index (χ1) is 10.3. The predicted octanol–water partition coefficient (Wildman–Crippen LogP) is 1.41. The Hall–Kier alpha value is -2.14. The highest BCUT2D eigenvalue weighted by Gasteiger charge is 2.16. The number of benzene rings is 1. The summed E-state index contributed by atoms with van der Waals surface area (Å²) in [5.74, 6) is 0.0119. The van der Waals surface area contributed by atoms with Crippen LogP contribution in [0.25, 0.3) is 0 Å². The van der Waals surface area contributed by atoms with E-state index < -0.39 is 0 Å². The molecule has 0 bridgehead atoms. The van der Waals surface area contributed by atoms with E-state index in [2.05, 4.69) is 15.6 Å². The van der Waals surface area contributed by atoms with Crippen molar-refractivity contribution >= 4 is 5.91 Å². The normalized spacial score (nSPS) is 18.4. The monoisotopic (exact) mass is 284 g/mol. The van der Waals surface area contributed by atoms with Gasteiger partial charge < -0.3 is 15.2 Å². The quantitative estimate of drug-likeness (QED) is 0.892. The van der Waals surface area contributed by atoms with Crippen molar-refractivity contribution in [1.82, 2.24) is 20.2 Å². The van der Waals surface area contributed by atoms with Crippen LogP contribution in [-0.2, 0) is 6.54 Å². The highest BCUT2D eigenvalue weighted by molar-refractivity contribution is 5.94. The number of piperidine rings is 1. The summed E-state index contributed by atoms with van der Waals surface area (Å²) in [6.07, 6.45) is 7.65. The third kappa shape index (κ3) is 3.70. The number of rotatable bonds is 4. The Bertz CT molecular complexity index is 571. The number of hydrogen-bond acceptors (Lipinski definition) is 3. The van der Waals surface area contributed by atoms with Gasteiger partial charge in [0.05, 0.1) is 6.33 Å². The molecule has 1 saturated heterocycles. The number of nitrogens with one attached hydrogen (secondary N) is 2. The average molecular weight is 284 g/mol. The molecular weight excluding hydrogens is 264 g/mol. The first-order valence-corrected chi connectivity index (χ1v) is 7.37. The van der Waals surface area contributed by atoms with Crippen molar-refractivity contribution in [3.63, 3.8) is 0 Å². The largest absolute Gasteiger partial charge is 0.348 e. The van der Waals surface area contributed by atoms with E-state index in [0.717, 1.165) is 43.6 Å². The van der Waals surface area contributed by atoms with Crippen molar-refractivity contribution in [2.45, 2.75) is 25.4 Å². The molecule has 0 radical (unpaired) electrons. The second-order valence-electron chi connectivity index (χ2n) is 5.45. The molecule has 5 heteroatoms. The number of nitrogens with zero attached hydrogens (tertiary/aromatic N) is 2. The van der Waals surface area contributed by atoms with Crippen molar-refractivity contribution in [3.8, 4) is 0 Å². The van der Waals surface area contributed by atoms with Crippen molar-refractivity contribution in [1.29, 1.82) is 0 Å². The van der Waals surface area contributed by atoms with E-state index in [0.29, 0.717) is 0 Å². The molecular formula is C16H20N4O. The summed E-state index contributed by atoms with van der Waals surface area (Å²) in [5.41, 5.74) is 1.87. The van der Waals surface area contributed by atoms with Crippen LogP contribution < -0.4 is 10.6 Å². The van der Waals surface area contributed by atoms with Crippen LogP contribution in [0.15, 0.2) is 43.0 Å². The minimum atomic E-state index is 0.0119. The Morgan fingerprint density at radius 1 is 1.38 bits per heavy atom. The molecule has 1 atom stereocenters. The minimum absolute atomic E-state index is 0.0119. The Morgan fingerprint density at radius 2 is 2.24 bits per heavy atom. The molecule has 1 fully saturated rings. The van der Waals surface area contributed by atoms with Crippen LogP contribution in [0, 0.1) is 0 Å². The van der Waals surface area contributed by atoms with Crippen molar-refractivity contribution < 1.29 is 4.79 Å². The molecule has 2 heterocycles. The molecule has 0 spiro atoms. The fourth-order valence-corrected chi connectivity index (χ4v) is 2.60. The summed E-state index contributed by atoms with van der Waals surface area (Å²) < 4.78 is 2.00. The van der Waals surface area contributed by atoms with Crippen LogP contribution in [-0.4, -0.2) is 34.6 Å². The second-order valence-corrected chi connectivity index (χ2v) is 5.45. The van der Waals surface area contributed by atoms with Crippen LogP contribution in [0.4, 0.5) is 0 Å². The van der Waals surface area contributed by atoms with Crippen molar-refractivity contribution in [2.24, 2.45) is 0 Å². The van der Waals surface area contributed by atoms with Crippen LogP contribution in [0.1, 0.15) is 28.8 Å². The maximum Gasteiger partial charge on any atom is 0.251 e. The third-order valence-corrected chi connectivity index (χ3v) is 3.77. The number of carbonyl (C=O) groups is 1. The van der Waals surface area contributed by atoms with Gasteiger partial charge in [-0.05, 0) is 37.1 Å². The van der Waals surface area contributed by atoms with Crippen LogP contribution in [0.2, 0.25) is 0 Å². The lowest BCUT2D eigenvalue weighted by atomic mass is 10.1. The summed E-state index contributed by atoms with van der Waals surface area (Å²) in [7, 11) is 0. The van der Waals surface area contributed by atoms with E-state index in [1.165, 1.54) is 0 Å². The Kier molecular flexibility index (Phi) is 4.31. The Labute approximate surface area is 124 Å². The fourth-order valence-electron chi connectivity index (χ4n) is 2.60. The lowest BCUT2D eigenvalue weighted by Crippen LogP contribution is -2.45. The third-order valence-electron chi connectivity index (χ3n) is 3.77. The van der Waals surface area contributed by atoms with Crippen molar-refractivity contribution in [2.75, 3.05) is 13.1 Å². The van der Waals surface area contributed by atoms with E-state index in [9.17, 15) is 4.79 Å². The maximum absolute atomic E-state index is 12.2. The minimum Gasteiger partial charge on any atom is -0.348 e. The molecule has 0 saturated carbocycles. The number of hydrogen-bond donors (Lipinski definition) is 2. The van der Waals surface area contributed by atoms with E-state index in [1.54, 1.807) is 12.5 Å². The summed E-state index contributed by atoms with van der Waals surface area (Å²) in [4.78, 5) is 16.2. The molecule has 5 nitrogen and oxygen atoms in total. The van der Waals surface area contributed by atoms with Crippen LogP contribution >= 0.6 is 0 Å². The molecule has 1 amide bonds. The van der Waals surface area contributed by atoms with Gasteiger partial charge in [0.2, 0.25) is 0 Å². The zero-order valence-electron chi connectivity index (χ0n) is 12.0. The van der Waals surface area contributed by atoms with Gasteiger partial charge in [0, 0.05) is 37.1 Å². The van der Waals surface area contributed by atoms with E-state index >= 15 is 0 Å². The molecule has 110 valence electrons. The summed E-state index contributed by atoms with van der Waals surface area (Å²) in [5, 5.41) is 6.39. The van der Waals surface area contributed by atoms with E-state index in [1.807, 2.05) is 35.0 Å². The van der Waals surface area contributed by atoms with E-state index in [-0.39, 0.29) is 11.9 Å². The van der Waals surface area contributed by atoms with Crippen molar-refractivity contribution in [3.05, 3.63) is 54.1 Å². The van der Waals surface area contributed by atoms with Gasteiger partial charge in [0.25, 0.3) is 5.91 Å². The van der Waals surface area contributed by atoms with Gasteiger partial charge in [-0.15, -0.1) is 0 Å². The van der Waals surface area contributed by atoms with Gasteiger partial charge in [-0.1, -0.05) is 12.1 Å². The molecule has 1 aromatic heterocycles. The highest BCUT2D eigenvalue weighted by Crippen LogP contribution is 2.08. The highest BCUT2D eigenvalue weighted by atomic mass is 16.1.